The normalized spacial score (nSPS) is 18.7. The van der Waals surface area contributed by atoms with Crippen LogP contribution in [0.1, 0.15) is 29.5 Å². The van der Waals surface area contributed by atoms with E-state index in [1.165, 1.54) is 5.56 Å². The van der Waals surface area contributed by atoms with Crippen LogP contribution < -0.4 is 4.74 Å². The third-order valence-electron chi connectivity index (χ3n) is 4.07. The molecule has 1 aliphatic rings. The van der Waals surface area contributed by atoms with E-state index in [4.69, 9.17) is 4.74 Å². The summed E-state index contributed by atoms with van der Waals surface area (Å²) in [5, 5.41) is 9.23. The molecule has 1 unspecified atom stereocenters. The van der Waals surface area contributed by atoms with Gasteiger partial charge >= 0.3 is 0 Å². The average molecular weight is 291 g/mol. The Morgan fingerprint density at radius 2 is 2.00 bits per heavy atom. The van der Waals surface area contributed by atoms with E-state index < -0.39 is 0 Å². The fraction of sp³-hybridized carbons (Fsp3) is 0.588. The lowest BCUT2D eigenvalue weighted by Gasteiger charge is -2.31. The number of carbonyl (C=O) groups excluding carboxylic acids is 1. The highest BCUT2D eigenvalue weighted by Crippen LogP contribution is 2.24. The number of hydrogen-bond acceptors (Lipinski definition) is 3. The summed E-state index contributed by atoms with van der Waals surface area (Å²) in [4.78, 5) is 14.1. The first-order valence-corrected chi connectivity index (χ1v) is 7.60. The molecule has 2 rings (SSSR count). The summed E-state index contributed by atoms with van der Waals surface area (Å²) in [5.41, 5.74) is 3.32. The minimum atomic E-state index is 0.00697. The summed E-state index contributed by atoms with van der Waals surface area (Å²) >= 11 is 0. The molecular formula is C17H25NO3. The minimum Gasteiger partial charge on any atom is -0.483 e. The molecule has 1 aliphatic heterocycles. The molecule has 0 spiro atoms. The van der Waals surface area contributed by atoms with Crippen molar-refractivity contribution in [2.75, 3.05) is 26.3 Å². The Hall–Kier alpha value is -1.55. The molecule has 21 heavy (non-hydrogen) atoms. The van der Waals surface area contributed by atoms with Gasteiger partial charge in [-0.15, -0.1) is 0 Å². The molecule has 1 aromatic carbocycles. The zero-order chi connectivity index (χ0) is 15.4. The molecule has 1 heterocycles. The molecule has 4 nitrogen and oxygen atoms in total. The Bertz CT molecular complexity index is 490. The van der Waals surface area contributed by atoms with Crippen molar-refractivity contribution in [3.05, 3.63) is 28.8 Å². The summed E-state index contributed by atoms with van der Waals surface area (Å²) < 4.78 is 5.75. The Kier molecular flexibility index (Phi) is 5.23. The highest BCUT2D eigenvalue weighted by Gasteiger charge is 2.23. The van der Waals surface area contributed by atoms with Crippen molar-refractivity contribution in [1.29, 1.82) is 0 Å². The monoisotopic (exact) mass is 291 g/mol. The van der Waals surface area contributed by atoms with Gasteiger partial charge in [-0.25, -0.2) is 0 Å². The standard InChI is InChI=1S/C17H25NO3/c1-12-7-13(2)17(14(3)8-12)21-11-16(20)18-6-4-5-15(9-18)10-19/h7-8,15,19H,4-6,9-11H2,1-3H3. The molecule has 0 radical (unpaired) electrons. The Labute approximate surface area is 126 Å². The van der Waals surface area contributed by atoms with E-state index in [2.05, 4.69) is 19.1 Å². The van der Waals surface area contributed by atoms with Crippen molar-refractivity contribution in [3.8, 4) is 5.75 Å². The van der Waals surface area contributed by atoms with Crippen molar-refractivity contribution >= 4 is 5.91 Å². The highest BCUT2D eigenvalue weighted by atomic mass is 16.5. The molecule has 0 aromatic heterocycles. The number of hydrogen-bond donors (Lipinski definition) is 1. The van der Waals surface area contributed by atoms with E-state index in [1.54, 1.807) is 0 Å². The number of carbonyl (C=O) groups is 1. The fourth-order valence-electron chi connectivity index (χ4n) is 3.06. The van der Waals surface area contributed by atoms with Crippen LogP contribution in [0.25, 0.3) is 0 Å². The predicted octanol–water partition coefficient (Wildman–Crippen LogP) is 2.22. The van der Waals surface area contributed by atoms with E-state index in [-0.39, 0.29) is 25.0 Å². The number of nitrogens with zero attached hydrogens (tertiary/aromatic N) is 1. The van der Waals surface area contributed by atoms with Crippen LogP contribution >= 0.6 is 0 Å². The van der Waals surface area contributed by atoms with E-state index in [9.17, 15) is 9.90 Å². The second-order valence-corrected chi connectivity index (χ2v) is 6.05. The lowest BCUT2D eigenvalue weighted by Crippen LogP contribution is -2.43. The number of likely N-dealkylation sites (tertiary alicyclic amines) is 1. The van der Waals surface area contributed by atoms with E-state index in [0.717, 1.165) is 36.3 Å². The van der Waals surface area contributed by atoms with Gasteiger partial charge in [0.15, 0.2) is 6.61 Å². The van der Waals surface area contributed by atoms with Crippen LogP contribution in [-0.2, 0) is 4.79 Å². The largest absolute Gasteiger partial charge is 0.483 e. The first-order valence-electron chi connectivity index (χ1n) is 7.60. The molecule has 0 bridgehead atoms. The van der Waals surface area contributed by atoms with Crippen molar-refractivity contribution in [2.24, 2.45) is 5.92 Å². The first kappa shape index (κ1) is 15.8. The van der Waals surface area contributed by atoms with Gasteiger partial charge in [0, 0.05) is 19.7 Å². The van der Waals surface area contributed by atoms with Crippen molar-refractivity contribution < 1.29 is 14.6 Å². The van der Waals surface area contributed by atoms with E-state index in [0.29, 0.717) is 6.54 Å². The number of piperidine rings is 1. The summed E-state index contributed by atoms with van der Waals surface area (Å²) in [5.74, 6) is 1.03. The molecule has 0 saturated carbocycles. The SMILES string of the molecule is Cc1cc(C)c(OCC(=O)N2CCCC(CO)C2)c(C)c1. The van der Waals surface area contributed by atoms with Crippen LogP contribution in [-0.4, -0.2) is 42.2 Å². The fourth-order valence-corrected chi connectivity index (χ4v) is 3.06. The summed E-state index contributed by atoms with van der Waals surface area (Å²) in [6.45, 7) is 7.70. The molecular weight excluding hydrogens is 266 g/mol. The second kappa shape index (κ2) is 6.94. The van der Waals surface area contributed by atoms with Gasteiger partial charge < -0.3 is 14.7 Å². The second-order valence-electron chi connectivity index (χ2n) is 6.05. The maximum Gasteiger partial charge on any atom is 0.260 e. The number of aryl methyl sites for hydroxylation is 3. The van der Waals surface area contributed by atoms with Gasteiger partial charge in [0.2, 0.25) is 0 Å². The maximum absolute atomic E-state index is 12.2. The van der Waals surface area contributed by atoms with Gasteiger partial charge in [-0.1, -0.05) is 17.7 Å². The minimum absolute atomic E-state index is 0.00697. The molecule has 0 aliphatic carbocycles. The molecule has 1 N–H and O–H groups in total. The van der Waals surface area contributed by atoms with Crippen molar-refractivity contribution in [2.45, 2.75) is 33.6 Å². The lowest BCUT2D eigenvalue weighted by molar-refractivity contribution is -0.135. The maximum atomic E-state index is 12.2. The number of amides is 1. The third kappa shape index (κ3) is 3.97. The Morgan fingerprint density at radius 3 is 2.62 bits per heavy atom. The molecule has 1 saturated heterocycles. The Balaban J connectivity index is 1.95. The molecule has 1 atom stereocenters. The van der Waals surface area contributed by atoms with Crippen LogP contribution in [0.4, 0.5) is 0 Å². The first-order chi connectivity index (χ1) is 10.0. The smallest absolute Gasteiger partial charge is 0.260 e. The predicted molar refractivity (Wildman–Crippen MR) is 82.5 cm³/mol. The number of ether oxygens (including phenoxy) is 1. The van der Waals surface area contributed by atoms with E-state index >= 15 is 0 Å². The average Bonchev–Trinajstić information content (AvgIpc) is 2.46. The Morgan fingerprint density at radius 1 is 1.33 bits per heavy atom. The summed E-state index contributed by atoms with van der Waals surface area (Å²) in [6, 6.07) is 4.13. The molecule has 4 heteroatoms. The van der Waals surface area contributed by atoms with E-state index in [1.807, 2.05) is 18.7 Å². The number of benzene rings is 1. The van der Waals surface area contributed by atoms with Gasteiger partial charge in [0.05, 0.1) is 0 Å². The molecule has 1 amide bonds. The van der Waals surface area contributed by atoms with Crippen LogP contribution in [0.3, 0.4) is 0 Å². The van der Waals surface area contributed by atoms with Crippen molar-refractivity contribution in [1.82, 2.24) is 4.90 Å². The number of aliphatic hydroxyl groups is 1. The van der Waals surface area contributed by atoms with Gasteiger partial charge in [0.1, 0.15) is 5.75 Å². The van der Waals surface area contributed by atoms with Gasteiger partial charge in [-0.2, -0.15) is 0 Å². The zero-order valence-corrected chi connectivity index (χ0v) is 13.2. The van der Waals surface area contributed by atoms with Crippen LogP contribution in [0.2, 0.25) is 0 Å². The van der Waals surface area contributed by atoms with Crippen LogP contribution in [0, 0.1) is 26.7 Å². The number of rotatable bonds is 4. The lowest BCUT2D eigenvalue weighted by atomic mass is 9.99. The van der Waals surface area contributed by atoms with Gasteiger partial charge in [-0.05, 0) is 50.7 Å². The van der Waals surface area contributed by atoms with Gasteiger partial charge in [-0.3, -0.25) is 4.79 Å². The topological polar surface area (TPSA) is 49.8 Å². The summed E-state index contributed by atoms with van der Waals surface area (Å²) in [6.07, 6.45) is 1.96. The van der Waals surface area contributed by atoms with Crippen LogP contribution in [0.5, 0.6) is 5.75 Å². The highest BCUT2D eigenvalue weighted by molar-refractivity contribution is 5.78. The van der Waals surface area contributed by atoms with Crippen molar-refractivity contribution in [3.63, 3.8) is 0 Å². The summed E-state index contributed by atoms with van der Waals surface area (Å²) in [7, 11) is 0. The molecule has 116 valence electrons. The third-order valence-corrected chi connectivity index (χ3v) is 4.07. The number of aliphatic hydroxyl groups excluding tert-OH is 1. The molecule has 1 aromatic rings. The molecule has 1 fully saturated rings. The zero-order valence-electron chi connectivity index (χ0n) is 13.2. The van der Waals surface area contributed by atoms with Gasteiger partial charge in [0.25, 0.3) is 5.91 Å². The van der Waals surface area contributed by atoms with Crippen LogP contribution in [0.15, 0.2) is 12.1 Å². The quantitative estimate of drug-likeness (QED) is 0.925.